The highest BCUT2D eigenvalue weighted by Gasteiger charge is 2.17. The van der Waals surface area contributed by atoms with Gasteiger partial charge in [0.25, 0.3) is 0 Å². The van der Waals surface area contributed by atoms with E-state index in [-0.39, 0.29) is 5.15 Å². The number of rotatable bonds is 2. The van der Waals surface area contributed by atoms with E-state index in [0.29, 0.717) is 30.0 Å². The minimum absolute atomic E-state index is 0.189. The van der Waals surface area contributed by atoms with Crippen LogP contribution < -0.4 is 4.74 Å². The molecule has 1 aromatic heterocycles. The lowest BCUT2D eigenvalue weighted by Crippen LogP contribution is -1.99. The molecule has 1 aliphatic heterocycles. The minimum atomic E-state index is 0.189. The Balaban J connectivity index is 2.19. The maximum absolute atomic E-state index is 11.2. The van der Waals surface area contributed by atoms with Crippen molar-refractivity contribution in [3.8, 4) is 17.0 Å². The van der Waals surface area contributed by atoms with Crippen molar-refractivity contribution in [1.82, 2.24) is 9.97 Å². The van der Waals surface area contributed by atoms with Crippen molar-refractivity contribution in [3.05, 3.63) is 40.3 Å². The van der Waals surface area contributed by atoms with Gasteiger partial charge in [0.1, 0.15) is 16.7 Å². The zero-order valence-electron chi connectivity index (χ0n) is 10.3. The summed E-state index contributed by atoms with van der Waals surface area (Å²) in [6, 6.07) is 5.78. The number of carbonyl (C=O) groups excluding carboxylic acids is 1. The fraction of sp³-hybridized carbons (Fsp3) is 0.214. The van der Waals surface area contributed by atoms with Crippen molar-refractivity contribution in [2.75, 3.05) is 6.61 Å². The average Bonchev–Trinajstić information content (AvgIpc) is 2.85. The molecule has 0 radical (unpaired) electrons. The summed E-state index contributed by atoms with van der Waals surface area (Å²) in [4.78, 5) is 19.5. The molecule has 0 aliphatic carbocycles. The smallest absolute Gasteiger partial charge is 0.155 e. The van der Waals surface area contributed by atoms with Crippen LogP contribution in [0.15, 0.2) is 18.2 Å². The Morgan fingerprint density at radius 2 is 2.21 bits per heavy atom. The Kier molecular flexibility index (Phi) is 2.95. The van der Waals surface area contributed by atoms with Crippen molar-refractivity contribution >= 4 is 17.9 Å². The van der Waals surface area contributed by atoms with Gasteiger partial charge in [0.05, 0.1) is 17.9 Å². The fourth-order valence-corrected chi connectivity index (χ4v) is 2.46. The molecule has 0 N–H and O–H groups in total. The van der Waals surface area contributed by atoms with Gasteiger partial charge in [-0.1, -0.05) is 11.6 Å². The molecule has 0 atom stereocenters. The highest BCUT2D eigenvalue weighted by Crippen LogP contribution is 2.32. The molecular weight excluding hydrogens is 264 g/mol. The van der Waals surface area contributed by atoms with Gasteiger partial charge < -0.3 is 4.74 Å². The molecule has 2 heterocycles. The number of ether oxygens (including phenoxy) is 1. The number of aryl methyl sites for hydroxylation is 1. The van der Waals surface area contributed by atoms with E-state index in [4.69, 9.17) is 16.3 Å². The van der Waals surface area contributed by atoms with Gasteiger partial charge in [0, 0.05) is 12.0 Å². The zero-order valence-corrected chi connectivity index (χ0v) is 11.1. The predicted octanol–water partition coefficient (Wildman–Crippen LogP) is 2.85. The summed E-state index contributed by atoms with van der Waals surface area (Å²) >= 11 is 5.99. The van der Waals surface area contributed by atoms with Crippen LogP contribution in [0, 0.1) is 6.92 Å². The van der Waals surface area contributed by atoms with Crippen LogP contribution in [0.1, 0.15) is 21.7 Å². The molecule has 0 bridgehead atoms. The Morgan fingerprint density at radius 1 is 1.37 bits per heavy atom. The monoisotopic (exact) mass is 274 g/mol. The number of halogens is 1. The topological polar surface area (TPSA) is 52.1 Å². The van der Waals surface area contributed by atoms with Crippen molar-refractivity contribution < 1.29 is 9.53 Å². The quantitative estimate of drug-likeness (QED) is 0.624. The molecule has 1 aliphatic rings. The zero-order chi connectivity index (χ0) is 13.4. The fourth-order valence-electron chi connectivity index (χ4n) is 2.21. The van der Waals surface area contributed by atoms with Crippen molar-refractivity contribution in [3.63, 3.8) is 0 Å². The number of aromatic nitrogens is 2. The van der Waals surface area contributed by atoms with Crippen molar-refractivity contribution in [1.29, 1.82) is 0 Å². The van der Waals surface area contributed by atoms with Crippen LogP contribution in [0.5, 0.6) is 5.75 Å². The van der Waals surface area contributed by atoms with Crippen LogP contribution in [-0.4, -0.2) is 22.9 Å². The van der Waals surface area contributed by atoms with Crippen molar-refractivity contribution in [2.24, 2.45) is 0 Å². The van der Waals surface area contributed by atoms with E-state index in [0.717, 1.165) is 23.3 Å². The number of fused-ring (bicyclic) bond motifs is 1. The third-order valence-electron chi connectivity index (χ3n) is 3.09. The van der Waals surface area contributed by atoms with E-state index in [1.165, 1.54) is 0 Å². The first-order chi connectivity index (χ1) is 9.19. The summed E-state index contributed by atoms with van der Waals surface area (Å²) in [7, 11) is 0. The van der Waals surface area contributed by atoms with E-state index < -0.39 is 0 Å². The summed E-state index contributed by atoms with van der Waals surface area (Å²) in [6.45, 7) is 2.45. The highest BCUT2D eigenvalue weighted by atomic mass is 35.5. The van der Waals surface area contributed by atoms with Crippen molar-refractivity contribution in [2.45, 2.75) is 13.3 Å². The molecule has 0 saturated carbocycles. The van der Waals surface area contributed by atoms with Crippen LogP contribution in [-0.2, 0) is 6.42 Å². The standard InChI is InChI=1S/C14H11ClN2O2/c1-8-16-13(11(7-18)14(15)17-8)10-2-3-12-9(6-10)4-5-19-12/h2-3,6-7H,4-5H2,1H3. The second-order valence-electron chi connectivity index (χ2n) is 4.36. The van der Waals surface area contributed by atoms with E-state index in [1.807, 2.05) is 18.2 Å². The van der Waals surface area contributed by atoms with Crippen LogP contribution >= 0.6 is 11.6 Å². The first kappa shape index (κ1) is 12.1. The van der Waals surface area contributed by atoms with Gasteiger partial charge in [-0.25, -0.2) is 9.97 Å². The van der Waals surface area contributed by atoms with Crippen LogP contribution in [0.3, 0.4) is 0 Å². The molecule has 0 spiro atoms. The van der Waals surface area contributed by atoms with Gasteiger partial charge >= 0.3 is 0 Å². The highest BCUT2D eigenvalue weighted by molar-refractivity contribution is 6.32. The molecule has 0 amide bonds. The van der Waals surface area contributed by atoms with E-state index in [2.05, 4.69) is 9.97 Å². The third kappa shape index (κ3) is 2.08. The number of benzene rings is 1. The van der Waals surface area contributed by atoms with Gasteiger partial charge in [0.2, 0.25) is 0 Å². The summed E-state index contributed by atoms with van der Waals surface area (Å²) in [5, 5.41) is 0.189. The summed E-state index contributed by atoms with van der Waals surface area (Å²) < 4.78 is 5.46. The van der Waals surface area contributed by atoms with Gasteiger partial charge in [0.15, 0.2) is 6.29 Å². The summed E-state index contributed by atoms with van der Waals surface area (Å²) in [5.41, 5.74) is 2.88. The van der Waals surface area contributed by atoms with Crippen LogP contribution in [0.25, 0.3) is 11.3 Å². The lowest BCUT2D eigenvalue weighted by atomic mass is 10.0. The number of hydrogen-bond donors (Lipinski definition) is 0. The second-order valence-corrected chi connectivity index (χ2v) is 4.72. The van der Waals surface area contributed by atoms with Gasteiger partial charge in [-0.2, -0.15) is 0 Å². The van der Waals surface area contributed by atoms with E-state index in [9.17, 15) is 4.79 Å². The van der Waals surface area contributed by atoms with Gasteiger partial charge in [-0.3, -0.25) is 4.79 Å². The van der Waals surface area contributed by atoms with E-state index >= 15 is 0 Å². The molecular formula is C14H11ClN2O2. The molecule has 0 fully saturated rings. The number of aldehydes is 1. The van der Waals surface area contributed by atoms with E-state index in [1.54, 1.807) is 6.92 Å². The molecule has 19 heavy (non-hydrogen) atoms. The summed E-state index contributed by atoms with van der Waals surface area (Å²) in [5.74, 6) is 1.44. The first-order valence-corrected chi connectivity index (χ1v) is 6.32. The van der Waals surface area contributed by atoms with Gasteiger partial charge in [-0.15, -0.1) is 0 Å². The molecule has 0 unspecified atom stereocenters. The second kappa shape index (κ2) is 4.63. The number of nitrogens with zero attached hydrogens (tertiary/aromatic N) is 2. The Bertz CT molecular complexity index is 671. The number of carbonyl (C=O) groups is 1. The molecule has 96 valence electrons. The first-order valence-electron chi connectivity index (χ1n) is 5.94. The van der Waals surface area contributed by atoms with Crippen LogP contribution in [0.4, 0.5) is 0 Å². The predicted molar refractivity (Wildman–Crippen MR) is 71.8 cm³/mol. The summed E-state index contributed by atoms with van der Waals surface area (Å²) in [6.07, 6.45) is 1.57. The Hall–Kier alpha value is -1.94. The molecule has 1 aromatic carbocycles. The lowest BCUT2D eigenvalue weighted by molar-refractivity contribution is 0.112. The van der Waals surface area contributed by atoms with Gasteiger partial charge in [-0.05, 0) is 30.7 Å². The SMILES string of the molecule is Cc1nc(Cl)c(C=O)c(-c2ccc3c(c2)CCO3)n1. The molecule has 4 nitrogen and oxygen atoms in total. The maximum Gasteiger partial charge on any atom is 0.155 e. The molecule has 5 heteroatoms. The normalized spacial score (nSPS) is 12.9. The Labute approximate surface area is 115 Å². The number of hydrogen-bond acceptors (Lipinski definition) is 4. The third-order valence-corrected chi connectivity index (χ3v) is 3.38. The minimum Gasteiger partial charge on any atom is -0.493 e. The average molecular weight is 275 g/mol. The molecule has 2 aromatic rings. The largest absolute Gasteiger partial charge is 0.493 e. The lowest BCUT2D eigenvalue weighted by Gasteiger charge is -2.08. The Morgan fingerprint density at radius 3 is 3.00 bits per heavy atom. The molecule has 0 saturated heterocycles. The van der Waals surface area contributed by atoms with Crippen LogP contribution in [0.2, 0.25) is 5.15 Å². The maximum atomic E-state index is 11.2. The molecule has 3 rings (SSSR count).